The summed E-state index contributed by atoms with van der Waals surface area (Å²) in [7, 11) is -1.98. The van der Waals surface area contributed by atoms with Gasteiger partial charge < -0.3 is 0 Å². The van der Waals surface area contributed by atoms with E-state index in [-0.39, 0.29) is 0 Å². The highest BCUT2D eigenvalue weighted by atomic mass is 31.2. The lowest BCUT2D eigenvalue weighted by atomic mass is 10.1. The molecule has 0 unspecified atom stereocenters. The van der Waals surface area contributed by atoms with E-state index in [9.17, 15) is 0 Å². The van der Waals surface area contributed by atoms with Crippen molar-refractivity contribution in [3.63, 3.8) is 0 Å². The van der Waals surface area contributed by atoms with E-state index in [4.69, 9.17) is 0 Å². The molecule has 0 aliphatic carbocycles. The normalized spacial score (nSPS) is 13.0. The summed E-state index contributed by atoms with van der Waals surface area (Å²) in [4.78, 5) is 0. The van der Waals surface area contributed by atoms with E-state index in [2.05, 4.69) is 76.4 Å². The van der Waals surface area contributed by atoms with Crippen LogP contribution in [0.5, 0.6) is 0 Å². The van der Waals surface area contributed by atoms with Crippen LogP contribution in [0.4, 0.5) is 0 Å². The molecule has 0 radical (unpaired) electrons. The predicted molar refractivity (Wildman–Crippen MR) is 92.6 cm³/mol. The van der Waals surface area contributed by atoms with Gasteiger partial charge in [-0.1, -0.05) is 24.3 Å². The first-order valence-corrected chi connectivity index (χ1v) is 12.6. The van der Waals surface area contributed by atoms with Crippen LogP contribution in [-0.4, -0.2) is 40.0 Å². The van der Waals surface area contributed by atoms with Crippen LogP contribution in [0.25, 0.3) is 10.8 Å². The van der Waals surface area contributed by atoms with Crippen LogP contribution in [-0.2, 0) is 0 Å². The van der Waals surface area contributed by atoms with E-state index in [0.717, 1.165) is 0 Å². The zero-order valence-electron chi connectivity index (χ0n) is 12.4. The first-order valence-electron chi connectivity index (χ1n) is 6.37. The third-order valence-electron chi connectivity index (χ3n) is 3.31. The zero-order chi connectivity index (χ0) is 13.6. The highest BCUT2D eigenvalue weighted by Gasteiger charge is 2.31. The summed E-state index contributed by atoms with van der Waals surface area (Å²) in [5.74, 6) is 0. The second-order valence-electron chi connectivity index (χ2n) is 6.68. The van der Waals surface area contributed by atoms with Crippen LogP contribution in [0.1, 0.15) is 0 Å². The summed E-state index contributed by atoms with van der Waals surface area (Å²) >= 11 is 0. The summed E-state index contributed by atoms with van der Waals surface area (Å²) in [6.07, 6.45) is 0. The fourth-order valence-electron chi connectivity index (χ4n) is 2.42. The lowest BCUT2D eigenvalue weighted by molar-refractivity contribution is 1.79. The Bertz CT molecular complexity index is 523. The topological polar surface area (TPSA) is 0 Å². The maximum atomic E-state index is 2.42. The smallest absolute Gasteiger partial charge is 0.0577 e. The second kappa shape index (κ2) is 4.59. The Balaban J connectivity index is 2.90. The van der Waals surface area contributed by atoms with E-state index in [1.54, 1.807) is 16.0 Å². The Labute approximate surface area is 112 Å². The Hall–Kier alpha value is -0.440. The quantitative estimate of drug-likeness (QED) is 0.731. The Morgan fingerprint density at radius 3 is 1.33 bits per heavy atom. The molecule has 0 saturated carbocycles. The SMILES string of the molecule is C[P+](C)(C)c1cccc2cccc([P+](C)(C)C)c12. The minimum atomic E-state index is -0.992. The maximum absolute atomic E-state index is 2.42. The van der Waals surface area contributed by atoms with Gasteiger partial charge in [0.15, 0.2) is 0 Å². The average molecular weight is 278 g/mol. The van der Waals surface area contributed by atoms with Gasteiger partial charge >= 0.3 is 0 Å². The fourth-order valence-corrected chi connectivity index (χ4v) is 5.42. The van der Waals surface area contributed by atoms with E-state index in [1.807, 2.05) is 0 Å². The molecule has 0 aromatic heterocycles. The molecule has 2 heteroatoms. The number of hydrogen-bond acceptors (Lipinski definition) is 0. The molecule has 0 fully saturated rings. The van der Waals surface area contributed by atoms with Gasteiger partial charge in [0.2, 0.25) is 0 Å². The monoisotopic (exact) mass is 278 g/mol. The van der Waals surface area contributed by atoms with Crippen LogP contribution in [0.15, 0.2) is 36.4 Å². The Morgan fingerprint density at radius 1 is 0.611 bits per heavy atom. The molecule has 2 aromatic rings. The zero-order valence-corrected chi connectivity index (χ0v) is 14.1. The summed E-state index contributed by atoms with van der Waals surface area (Å²) in [5.41, 5.74) is 0. The molecule has 0 saturated heterocycles. The highest BCUT2D eigenvalue weighted by molar-refractivity contribution is 7.83. The standard InChI is InChI=1S/C16H24P2/c1-17(2,3)14-11-7-9-13-10-8-12-15(16(13)14)18(4,5)6/h7-12H,1-6H3/q+2. The lowest BCUT2D eigenvalue weighted by Crippen LogP contribution is -2.19. The molecule has 0 bridgehead atoms. The van der Waals surface area contributed by atoms with Crippen LogP contribution >= 0.6 is 14.5 Å². The van der Waals surface area contributed by atoms with Crippen molar-refractivity contribution in [3.8, 4) is 0 Å². The van der Waals surface area contributed by atoms with Crippen molar-refractivity contribution in [2.24, 2.45) is 0 Å². The van der Waals surface area contributed by atoms with Crippen LogP contribution in [0.2, 0.25) is 0 Å². The molecule has 0 heterocycles. The second-order valence-corrected chi connectivity index (χ2v) is 15.7. The molecule has 0 spiro atoms. The Morgan fingerprint density at radius 2 is 1.00 bits per heavy atom. The molecular weight excluding hydrogens is 254 g/mol. The minimum Gasteiger partial charge on any atom is -0.0577 e. The Kier molecular flexibility index (Phi) is 3.56. The largest absolute Gasteiger partial charge is 0.105 e. The molecule has 0 atom stereocenters. The van der Waals surface area contributed by atoms with E-state index < -0.39 is 14.5 Å². The molecule has 2 rings (SSSR count). The van der Waals surface area contributed by atoms with Crippen LogP contribution < -0.4 is 10.6 Å². The van der Waals surface area contributed by atoms with Crippen LogP contribution in [0, 0.1) is 0 Å². The van der Waals surface area contributed by atoms with Crippen molar-refractivity contribution in [2.75, 3.05) is 40.0 Å². The summed E-state index contributed by atoms with van der Waals surface area (Å²) in [6.45, 7) is 14.5. The van der Waals surface area contributed by atoms with E-state index in [1.165, 1.54) is 5.39 Å². The first kappa shape index (κ1) is 14.0. The first-order chi connectivity index (χ1) is 8.21. The minimum absolute atomic E-state index is 0.992. The molecule has 0 nitrogen and oxygen atoms in total. The van der Waals surface area contributed by atoms with Crippen molar-refractivity contribution >= 4 is 35.9 Å². The predicted octanol–water partition coefficient (Wildman–Crippen LogP) is 3.90. The number of benzene rings is 2. The molecule has 0 N–H and O–H groups in total. The summed E-state index contributed by atoms with van der Waals surface area (Å²) in [6, 6.07) is 13.6. The third-order valence-corrected chi connectivity index (χ3v) is 6.94. The van der Waals surface area contributed by atoms with Crippen LogP contribution in [0.3, 0.4) is 0 Å². The van der Waals surface area contributed by atoms with Gasteiger partial charge in [-0.15, -0.1) is 0 Å². The van der Waals surface area contributed by atoms with Gasteiger partial charge in [-0.2, -0.15) is 0 Å². The molecular formula is C16H24P2+2. The molecule has 0 aliphatic rings. The van der Waals surface area contributed by atoms with Crippen molar-refractivity contribution in [1.82, 2.24) is 0 Å². The average Bonchev–Trinajstić information content (AvgIpc) is 2.24. The van der Waals surface area contributed by atoms with Crippen molar-refractivity contribution in [3.05, 3.63) is 36.4 Å². The molecule has 2 aromatic carbocycles. The maximum Gasteiger partial charge on any atom is 0.105 e. The van der Waals surface area contributed by atoms with Gasteiger partial charge in [-0.3, -0.25) is 0 Å². The fraction of sp³-hybridized carbons (Fsp3) is 0.375. The van der Waals surface area contributed by atoms with E-state index >= 15 is 0 Å². The number of rotatable bonds is 2. The lowest BCUT2D eigenvalue weighted by Gasteiger charge is -2.19. The molecule has 0 amide bonds. The van der Waals surface area contributed by atoms with Gasteiger partial charge in [0.05, 0.1) is 45.4 Å². The van der Waals surface area contributed by atoms with Crippen molar-refractivity contribution < 1.29 is 0 Å². The summed E-state index contributed by atoms with van der Waals surface area (Å²) in [5, 5.41) is 6.13. The van der Waals surface area contributed by atoms with Gasteiger partial charge in [0, 0.05) is 14.5 Å². The molecule has 96 valence electrons. The molecule has 0 aliphatic heterocycles. The van der Waals surface area contributed by atoms with Gasteiger partial charge in [0.1, 0.15) is 10.6 Å². The van der Waals surface area contributed by atoms with Gasteiger partial charge in [-0.05, 0) is 17.5 Å². The third kappa shape index (κ3) is 2.61. The van der Waals surface area contributed by atoms with Gasteiger partial charge in [0.25, 0.3) is 0 Å². The number of hydrogen-bond donors (Lipinski definition) is 0. The summed E-state index contributed by atoms with van der Waals surface area (Å²) < 4.78 is 0. The van der Waals surface area contributed by atoms with Crippen molar-refractivity contribution in [1.29, 1.82) is 0 Å². The number of fused-ring (bicyclic) bond motifs is 1. The highest BCUT2D eigenvalue weighted by Crippen LogP contribution is 2.51. The molecule has 18 heavy (non-hydrogen) atoms. The van der Waals surface area contributed by atoms with E-state index in [0.29, 0.717) is 0 Å². The van der Waals surface area contributed by atoms with Gasteiger partial charge in [-0.25, -0.2) is 0 Å². The van der Waals surface area contributed by atoms with Crippen molar-refractivity contribution in [2.45, 2.75) is 0 Å².